The predicted molar refractivity (Wildman–Crippen MR) is 83.0 cm³/mol. The van der Waals surface area contributed by atoms with E-state index in [4.69, 9.17) is 4.74 Å². The minimum absolute atomic E-state index is 0.0738. The second-order valence-corrected chi connectivity index (χ2v) is 4.41. The Morgan fingerprint density at radius 3 is 1.55 bits per heavy atom. The second-order valence-electron chi connectivity index (χ2n) is 4.41. The summed E-state index contributed by atoms with van der Waals surface area (Å²) in [6.45, 7) is 8.05. The molecule has 0 saturated carbocycles. The molecule has 0 N–H and O–H groups in total. The van der Waals surface area contributed by atoms with Crippen LogP contribution in [0.5, 0.6) is 6.01 Å². The molecule has 2 amide bonds. The third-order valence-electron chi connectivity index (χ3n) is 3.10. The maximum absolute atomic E-state index is 12.0. The Labute approximate surface area is 130 Å². The van der Waals surface area contributed by atoms with E-state index in [1.807, 2.05) is 13.8 Å². The van der Waals surface area contributed by atoms with Gasteiger partial charge in [-0.3, -0.25) is 19.4 Å². The van der Waals surface area contributed by atoms with E-state index in [9.17, 15) is 9.59 Å². The molecule has 0 aromatic carbocycles. The third kappa shape index (κ3) is 3.90. The first-order valence-corrected chi connectivity index (χ1v) is 7.42. The third-order valence-corrected chi connectivity index (χ3v) is 3.10. The predicted octanol–water partition coefficient (Wildman–Crippen LogP) is 1.41. The van der Waals surface area contributed by atoms with Gasteiger partial charge in [-0.05, 0) is 13.8 Å². The van der Waals surface area contributed by atoms with Crippen LogP contribution in [0, 0.1) is 0 Å². The Balaban J connectivity index is 3.33. The molecular formula is C14H23N5O3. The van der Waals surface area contributed by atoms with E-state index in [-0.39, 0.29) is 29.7 Å². The van der Waals surface area contributed by atoms with Gasteiger partial charge >= 0.3 is 6.01 Å². The number of hydrogen-bond donors (Lipinski definition) is 0. The first-order valence-electron chi connectivity index (χ1n) is 7.42. The molecule has 0 aliphatic rings. The van der Waals surface area contributed by atoms with Crippen LogP contribution in [0.3, 0.4) is 0 Å². The van der Waals surface area contributed by atoms with E-state index in [1.54, 1.807) is 13.8 Å². The zero-order valence-corrected chi connectivity index (χ0v) is 13.8. The number of methoxy groups -OCH3 is 1. The first kappa shape index (κ1) is 17.8. The average molecular weight is 309 g/mol. The van der Waals surface area contributed by atoms with Crippen LogP contribution in [0.4, 0.5) is 11.9 Å². The molecule has 0 saturated heterocycles. The Hall–Kier alpha value is -2.25. The quantitative estimate of drug-likeness (QED) is 0.756. The summed E-state index contributed by atoms with van der Waals surface area (Å²) in [5, 5.41) is 0. The maximum atomic E-state index is 12.0. The van der Waals surface area contributed by atoms with Crippen molar-refractivity contribution in [3.05, 3.63) is 0 Å². The van der Waals surface area contributed by atoms with Crippen LogP contribution in [0.25, 0.3) is 0 Å². The van der Waals surface area contributed by atoms with Gasteiger partial charge in [-0.15, -0.1) is 0 Å². The van der Waals surface area contributed by atoms with E-state index in [0.29, 0.717) is 25.9 Å². The zero-order valence-electron chi connectivity index (χ0n) is 13.8. The summed E-state index contributed by atoms with van der Waals surface area (Å²) in [5.74, 6) is 0.176. The SMILES string of the molecule is CCC(=O)N(CC)c1nc(OC)nc(N(CC)C(=O)CC)n1. The van der Waals surface area contributed by atoms with Gasteiger partial charge in [-0.2, -0.15) is 15.0 Å². The summed E-state index contributed by atoms with van der Waals surface area (Å²) in [4.78, 5) is 39.4. The molecule has 22 heavy (non-hydrogen) atoms. The smallest absolute Gasteiger partial charge is 0.322 e. The van der Waals surface area contributed by atoms with E-state index in [2.05, 4.69) is 15.0 Å². The van der Waals surface area contributed by atoms with Crippen molar-refractivity contribution >= 4 is 23.7 Å². The fraction of sp³-hybridized carbons (Fsp3) is 0.643. The van der Waals surface area contributed by atoms with E-state index in [1.165, 1.54) is 16.9 Å². The molecule has 0 bridgehead atoms. The molecule has 122 valence electrons. The molecule has 0 aliphatic heterocycles. The number of rotatable bonds is 7. The number of anilines is 2. The highest BCUT2D eigenvalue weighted by molar-refractivity contribution is 5.93. The van der Waals surface area contributed by atoms with Crippen molar-refractivity contribution in [3.8, 4) is 6.01 Å². The van der Waals surface area contributed by atoms with Crippen LogP contribution >= 0.6 is 0 Å². The van der Waals surface area contributed by atoms with Crippen LogP contribution in [-0.2, 0) is 9.59 Å². The summed E-state index contributed by atoms with van der Waals surface area (Å²) in [5.41, 5.74) is 0. The summed E-state index contributed by atoms with van der Waals surface area (Å²) in [7, 11) is 1.43. The molecule has 1 aromatic rings. The van der Waals surface area contributed by atoms with Crippen molar-refractivity contribution in [1.29, 1.82) is 0 Å². The molecule has 1 aromatic heterocycles. The van der Waals surface area contributed by atoms with Crippen molar-refractivity contribution in [2.24, 2.45) is 0 Å². The molecule has 8 heteroatoms. The highest BCUT2D eigenvalue weighted by Gasteiger charge is 2.22. The number of amides is 2. The summed E-state index contributed by atoms with van der Waals surface area (Å²) >= 11 is 0. The number of hydrogen-bond acceptors (Lipinski definition) is 6. The maximum Gasteiger partial charge on any atom is 0.322 e. The molecule has 0 radical (unpaired) electrons. The van der Waals surface area contributed by atoms with Gasteiger partial charge in [-0.25, -0.2) is 0 Å². The van der Waals surface area contributed by atoms with Crippen LogP contribution < -0.4 is 14.5 Å². The molecule has 1 rings (SSSR count). The molecule has 0 aliphatic carbocycles. The minimum Gasteiger partial charge on any atom is -0.467 e. The number of nitrogens with zero attached hydrogens (tertiary/aromatic N) is 5. The largest absolute Gasteiger partial charge is 0.467 e. The Morgan fingerprint density at radius 2 is 1.27 bits per heavy atom. The molecule has 0 fully saturated rings. The lowest BCUT2D eigenvalue weighted by Crippen LogP contribution is -2.35. The molecular weight excluding hydrogens is 286 g/mol. The van der Waals surface area contributed by atoms with Gasteiger partial charge in [-0.1, -0.05) is 13.8 Å². The van der Waals surface area contributed by atoms with Gasteiger partial charge in [0.2, 0.25) is 23.7 Å². The van der Waals surface area contributed by atoms with E-state index < -0.39 is 0 Å². The molecule has 0 unspecified atom stereocenters. The normalized spacial score (nSPS) is 10.2. The molecule has 0 spiro atoms. The van der Waals surface area contributed by atoms with Crippen LogP contribution in [0.1, 0.15) is 40.5 Å². The van der Waals surface area contributed by atoms with Gasteiger partial charge in [0.1, 0.15) is 0 Å². The molecule has 8 nitrogen and oxygen atoms in total. The van der Waals surface area contributed by atoms with Crippen molar-refractivity contribution < 1.29 is 14.3 Å². The van der Waals surface area contributed by atoms with Gasteiger partial charge in [0.15, 0.2) is 0 Å². The van der Waals surface area contributed by atoms with Gasteiger partial charge in [0, 0.05) is 25.9 Å². The number of ether oxygens (including phenoxy) is 1. The van der Waals surface area contributed by atoms with Crippen molar-refractivity contribution in [3.63, 3.8) is 0 Å². The summed E-state index contributed by atoms with van der Waals surface area (Å²) in [6, 6.07) is 0.0738. The van der Waals surface area contributed by atoms with Gasteiger partial charge < -0.3 is 4.74 Å². The fourth-order valence-electron chi connectivity index (χ4n) is 1.91. The van der Waals surface area contributed by atoms with Crippen LogP contribution in [0.2, 0.25) is 0 Å². The van der Waals surface area contributed by atoms with Crippen LogP contribution in [-0.4, -0.2) is 47.0 Å². The van der Waals surface area contributed by atoms with Gasteiger partial charge in [0.05, 0.1) is 7.11 Å². The lowest BCUT2D eigenvalue weighted by Gasteiger charge is -2.22. The molecule has 0 atom stereocenters. The van der Waals surface area contributed by atoms with E-state index >= 15 is 0 Å². The monoisotopic (exact) mass is 309 g/mol. The summed E-state index contributed by atoms with van der Waals surface area (Å²) in [6.07, 6.45) is 0.672. The lowest BCUT2D eigenvalue weighted by molar-refractivity contribution is -0.119. The minimum atomic E-state index is -0.105. The number of carbonyl (C=O) groups excluding carboxylic acids is 2. The standard InChI is InChI=1S/C14H23N5O3/c1-6-10(20)18(8-3)12-15-13(17-14(16-12)22-5)19(9-4)11(21)7-2/h6-9H2,1-5H3. The number of carbonyl (C=O) groups is 2. The van der Waals surface area contributed by atoms with Crippen molar-refractivity contribution in [2.45, 2.75) is 40.5 Å². The molecule has 1 heterocycles. The highest BCUT2D eigenvalue weighted by atomic mass is 16.5. The van der Waals surface area contributed by atoms with Gasteiger partial charge in [0.25, 0.3) is 0 Å². The average Bonchev–Trinajstić information content (AvgIpc) is 2.55. The fourth-order valence-corrected chi connectivity index (χ4v) is 1.91. The Kier molecular flexibility index (Phi) is 6.68. The lowest BCUT2D eigenvalue weighted by atomic mass is 10.4. The second kappa shape index (κ2) is 8.26. The van der Waals surface area contributed by atoms with Crippen molar-refractivity contribution in [1.82, 2.24) is 15.0 Å². The van der Waals surface area contributed by atoms with E-state index in [0.717, 1.165) is 0 Å². The first-order chi connectivity index (χ1) is 10.5. The Morgan fingerprint density at radius 1 is 0.864 bits per heavy atom. The zero-order chi connectivity index (χ0) is 16.7. The van der Waals surface area contributed by atoms with Crippen LogP contribution in [0.15, 0.2) is 0 Å². The topological polar surface area (TPSA) is 88.5 Å². The highest BCUT2D eigenvalue weighted by Crippen LogP contribution is 2.19. The Bertz CT molecular complexity index is 493. The van der Waals surface area contributed by atoms with Crippen molar-refractivity contribution in [2.75, 3.05) is 30.0 Å². The number of aromatic nitrogens is 3. The summed E-state index contributed by atoms with van der Waals surface area (Å²) < 4.78 is 5.07.